The van der Waals surface area contributed by atoms with Crippen molar-refractivity contribution in [2.45, 2.75) is 19.8 Å². The zero-order valence-electron chi connectivity index (χ0n) is 11.5. The molecule has 0 atom stereocenters. The molecule has 0 radical (unpaired) electrons. The van der Waals surface area contributed by atoms with Gasteiger partial charge in [0.2, 0.25) is 0 Å². The van der Waals surface area contributed by atoms with Crippen LogP contribution in [0.1, 0.15) is 17.9 Å². The molecule has 1 N–H and O–H groups in total. The Kier molecular flexibility index (Phi) is 3.75. The molecule has 0 aromatic carbocycles. The van der Waals surface area contributed by atoms with Gasteiger partial charge in [0.25, 0.3) is 0 Å². The fraction of sp³-hybridized carbons (Fsp3) is 0.571. The van der Waals surface area contributed by atoms with Crippen LogP contribution in [0.5, 0.6) is 0 Å². The molecule has 102 valence electrons. The molecule has 0 amide bonds. The summed E-state index contributed by atoms with van der Waals surface area (Å²) in [4.78, 5) is 7.09. The normalized spacial score (nSPS) is 17.1. The summed E-state index contributed by atoms with van der Waals surface area (Å²) >= 11 is 0. The predicted octanol–water partition coefficient (Wildman–Crippen LogP) is 0.876. The minimum absolute atomic E-state index is 0.956. The molecule has 5 nitrogen and oxygen atoms in total. The van der Waals surface area contributed by atoms with Crippen LogP contribution >= 0.6 is 0 Å². The number of nitrogens with one attached hydrogen (secondary N) is 1. The first kappa shape index (κ1) is 12.6. The maximum atomic E-state index is 4.58. The SMILES string of the molecule is Cc1cccc2nc(CCCN3CCNCC3)nn12. The van der Waals surface area contributed by atoms with E-state index < -0.39 is 0 Å². The average Bonchev–Trinajstić information content (AvgIpc) is 2.84. The summed E-state index contributed by atoms with van der Waals surface area (Å²) in [5, 5.41) is 7.95. The highest BCUT2D eigenvalue weighted by Crippen LogP contribution is 2.07. The number of nitrogens with zero attached hydrogens (tertiary/aromatic N) is 4. The molecule has 1 fully saturated rings. The second-order valence-electron chi connectivity index (χ2n) is 5.16. The minimum Gasteiger partial charge on any atom is -0.314 e. The number of piperazine rings is 1. The molecule has 1 saturated heterocycles. The van der Waals surface area contributed by atoms with E-state index in [-0.39, 0.29) is 0 Å². The van der Waals surface area contributed by atoms with Gasteiger partial charge < -0.3 is 10.2 Å². The molecule has 0 aliphatic carbocycles. The van der Waals surface area contributed by atoms with E-state index in [1.54, 1.807) is 0 Å². The zero-order chi connectivity index (χ0) is 13.1. The number of aromatic nitrogens is 3. The Morgan fingerprint density at radius 2 is 2.11 bits per heavy atom. The Labute approximate surface area is 113 Å². The standard InChI is InChI=1S/C14H21N5/c1-12-4-2-6-14-16-13(17-19(12)14)5-3-9-18-10-7-15-8-11-18/h2,4,6,15H,3,5,7-11H2,1H3. The molecule has 5 heteroatoms. The molecule has 2 aromatic rings. The third-order valence-corrected chi connectivity index (χ3v) is 3.68. The lowest BCUT2D eigenvalue weighted by molar-refractivity contribution is 0.238. The van der Waals surface area contributed by atoms with Crippen LogP contribution in [0.3, 0.4) is 0 Å². The fourth-order valence-electron chi connectivity index (χ4n) is 2.58. The monoisotopic (exact) mass is 259 g/mol. The van der Waals surface area contributed by atoms with Gasteiger partial charge in [-0.25, -0.2) is 9.50 Å². The molecule has 1 aliphatic rings. The number of fused-ring (bicyclic) bond motifs is 1. The Balaban J connectivity index is 1.57. The maximum absolute atomic E-state index is 4.58. The molecule has 3 heterocycles. The Morgan fingerprint density at radius 3 is 2.89 bits per heavy atom. The number of hydrogen-bond acceptors (Lipinski definition) is 4. The van der Waals surface area contributed by atoms with E-state index in [1.807, 2.05) is 16.6 Å². The van der Waals surface area contributed by atoms with E-state index in [1.165, 1.54) is 0 Å². The smallest absolute Gasteiger partial charge is 0.155 e. The van der Waals surface area contributed by atoms with Crippen LogP contribution in [0.2, 0.25) is 0 Å². The molecule has 1 aliphatic heterocycles. The maximum Gasteiger partial charge on any atom is 0.155 e. The van der Waals surface area contributed by atoms with Gasteiger partial charge in [0.15, 0.2) is 11.5 Å². The summed E-state index contributed by atoms with van der Waals surface area (Å²) in [5.74, 6) is 0.962. The highest BCUT2D eigenvalue weighted by atomic mass is 15.3. The summed E-state index contributed by atoms with van der Waals surface area (Å²) in [7, 11) is 0. The first-order chi connectivity index (χ1) is 9.33. The van der Waals surface area contributed by atoms with Gasteiger partial charge in [0, 0.05) is 38.3 Å². The third kappa shape index (κ3) is 2.93. The quantitative estimate of drug-likeness (QED) is 0.885. The van der Waals surface area contributed by atoms with Crippen LogP contribution < -0.4 is 5.32 Å². The number of hydrogen-bond donors (Lipinski definition) is 1. The van der Waals surface area contributed by atoms with Crippen molar-refractivity contribution in [2.24, 2.45) is 0 Å². The zero-order valence-corrected chi connectivity index (χ0v) is 11.5. The Bertz CT molecular complexity index is 542. The molecule has 3 rings (SSSR count). The van der Waals surface area contributed by atoms with E-state index in [9.17, 15) is 0 Å². The molecule has 19 heavy (non-hydrogen) atoms. The van der Waals surface area contributed by atoms with Crippen molar-refractivity contribution < 1.29 is 0 Å². The van der Waals surface area contributed by atoms with Gasteiger partial charge in [-0.05, 0) is 32.0 Å². The van der Waals surface area contributed by atoms with Crippen LogP contribution in [-0.4, -0.2) is 52.2 Å². The minimum atomic E-state index is 0.956. The van der Waals surface area contributed by atoms with Crippen LogP contribution in [-0.2, 0) is 6.42 Å². The van der Waals surface area contributed by atoms with Crippen molar-refractivity contribution in [3.05, 3.63) is 29.7 Å². The van der Waals surface area contributed by atoms with E-state index in [2.05, 4.69) is 33.3 Å². The van der Waals surface area contributed by atoms with Crippen LogP contribution in [0.25, 0.3) is 5.65 Å². The predicted molar refractivity (Wildman–Crippen MR) is 75.4 cm³/mol. The first-order valence-electron chi connectivity index (χ1n) is 7.07. The molecule has 0 bridgehead atoms. The lowest BCUT2D eigenvalue weighted by Crippen LogP contribution is -2.43. The summed E-state index contributed by atoms with van der Waals surface area (Å²) < 4.78 is 1.93. The molecule has 0 saturated carbocycles. The third-order valence-electron chi connectivity index (χ3n) is 3.68. The summed E-state index contributed by atoms with van der Waals surface area (Å²) in [6, 6.07) is 6.11. The van der Waals surface area contributed by atoms with Gasteiger partial charge in [-0.1, -0.05) is 6.07 Å². The van der Waals surface area contributed by atoms with Gasteiger partial charge in [0.05, 0.1) is 0 Å². The van der Waals surface area contributed by atoms with Crippen molar-refractivity contribution >= 4 is 5.65 Å². The Hall–Kier alpha value is -1.46. The molecular formula is C14H21N5. The summed E-state index contributed by atoms with van der Waals surface area (Å²) in [6.45, 7) is 7.77. The van der Waals surface area contributed by atoms with E-state index in [0.29, 0.717) is 0 Å². The van der Waals surface area contributed by atoms with Gasteiger partial charge in [-0.2, -0.15) is 5.10 Å². The van der Waals surface area contributed by atoms with Crippen molar-refractivity contribution in [3.63, 3.8) is 0 Å². The Morgan fingerprint density at radius 1 is 1.26 bits per heavy atom. The van der Waals surface area contributed by atoms with E-state index in [0.717, 1.165) is 62.7 Å². The van der Waals surface area contributed by atoms with E-state index >= 15 is 0 Å². The number of pyridine rings is 1. The average molecular weight is 259 g/mol. The number of rotatable bonds is 4. The van der Waals surface area contributed by atoms with Gasteiger partial charge in [-0.15, -0.1) is 0 Å². The molecule has 0 unspecified atom stereocenters. The van der Waals surface area contributed by atoms with E-state index in [4.69, 9.17) is 0 Å². The highest BCUT2D eigenvalue weighted by Gasteiger charge is 2.10. The van der Waals surface area contributed by atoms with Gasteiger partial charge in [-0.3, -0.25) is 0 Å². The second kappa shape index (κ2) is 5.67. The first-order valence-corrected chi connectivity index (χ1v) is 7.07. The van der Waals surface area contributed by atoms with Crippen molar-refractivity contribution in [2.75, 3.05) is 32.7 Å². The van der Waals surface area contributed by atoms with Crippen molar-refractivity contribution in [3.8, 4) is 0 Å². The molecule has 2 aromatic heterocycles. The van der Waals surface area contributed by atoms with Crippen LogP contribution in [0.4, 0.5) is 0 Å². The molecular weight excluding hydrogens is 238 g/mol. The lowest BCUT2D eigenvalue weighted by atomic mass is 10.2. The molecule has 0 spiro atoms. The fourth-order valence-corrected chi connectivity index (χ4v) is 2.58. The highest BCUT2D eigenvalue weighted by molar-refractivity contribution is 5.38. The lowest BCUT2D eigenvalue weighted by Gasteiger charge is -2.26. The van der Waals surface area contributed by atoms with Crippen molar-refractivity contribution in [1.29, 1.82) is 0 Å². The number of aryl methyl sites for hydroxylation is 2. The van der Waals surface area contributed by atoms with Gasteiger partial charge in [0.1, 0.15) is 0 Å². The van der Waals surface area contributed by atoms with Crippen LogP contribution in [0.15, 0.2) is 18.2 Å². The van der Waals surface area contributed by atoms with Crippen molar-refractivity contribution in [1.82, 2.24) is 24.8 Å². The summed E-state index contributed by atoms with van der Waals surface area (Å²) in [5.41, 5.74) is 2.09. The topological polar surface area (TPSA) is 45.5 Å². The van der Waals surface area contributed by atoms with Gasteiger partial charge >= 0.3 is 0 Å². The summed E-state index contributed by atoms with van der Waals surface area (Å²) in [6.07, 6.45) is 2.10. The van der Waals surface area contributed by atoms with Crippen LogP contribution in [0, 0.1) is 6.92 Å². The largest absolute Gasteiger partial charge is 0.314 e. The second-order valence-corrected chi connectivity index (χ2v) is 5.16.